The lowest BCUT2D eigenvalue weighted by Crippen LogP contribution is -2.45. The molecule has 1 unspecified atom stereocenters. The number of benzene rings is 1. The second kappa shape index (κ2) is 5.09. The van der Waals surface area contributed by atoms with Crippen molar-refractivity contribution < 1.29 is 5.11 Å². The number of anilines is 1. The third kappa shape index (κ3) is 2.47. The topological polar surface area (TPSA) is 32.3 Å². The van der Waals surface area contributed by atoms with Crippen molar-refractivity contribution >= 4 is 5.69 Å². The highest BCUT2D eigenvalue weighted by molar-refractivity contribution is 5.57. The number of hydrogen-bond acceptors (Lipinski definition) is 2. The summed E-state index contributed by atoms with van der Waals surface area (Å²) in [6.45, 7) is 4.28. The smallest absolute Gasteiger partial charge is 0.0850 e. The standard InChI is InChI=1S/C15H23NO/c1-3-9-15(17,10-4-2)14-11-12-7-5-6-8-13(12)16-14/h5-8,14,16-17H,3-4,9-11H2,1-2H3. The number of nitrogens with one attached hydrogen (secondary N) is 1. The lowest BCUT2D eigenvalue weighted by molar-refractivity contribution is 0.00449. The molecule has 2 rings (SSSR count). The molecule has 0 amide bonds. The summed E-state index contributed by atoms with van der Waals surface area (Å²) >= 11 is 0. The monoisotopic (exact) mass is 233 g/mol. The average Bonchev–Trinajstić information content (AvgIpc) is 2.74. The number of rotatable bonds is 5. The molecule has 0 radical (unpaired) electrons. The second-order valence-electron chi connectivity index (χ2n) is 5.16. The number of aliphatic hydroxyl groups is 1. The van der Waals surface area contributed by atoms with Gasteiger partial charge in [-0.15, -0.1) is 0 Å². The molecule has 17 heavy (non-hydrogen) atoms. The van der Waals surface area contributed by atoms with Crippen LogP contribution in [0, 0.1) is 0 Å². The zero-order valence-electron chi connectivity index (χ0n) is 10.9. The number of fused-ring (bicyclic) bond motifs is 1. The molecular weight excluding hydrogens is 210 g/mol. The van der Waals surface area contributed by atoms with E-state index in [9.17, 15) is 5.11 Å². The maximum Gasteiger partial charge on any atom is 0.0850 e. The highest BCUT2D eigenvalue weighted by Gasteiger charge is 2.38. The molecule has 1 aliphatic rings. The highest BCUT2D eigenvalue weighted by atomic mass is 16.3. The minimum absolute atomic E-state index is 0.180. The van der Waals surface area contributed by atoms with E-state index >= 15 is 0 Å². The fourth-order valence-electron chi connectivity index (χ4n) is 2.96. The van der Waals surface area contributed by atoms with Gasteiger partial charge in [0.05, 0.1) is 11.6 Å². The van der Waals surface area contributed by atoms with Gasteiger partial charge in [-0.1, -0.05) is 44.9 Å². The average molecular weight is 233 g/mol. The summed E-state index contributed by atoms with van der Waals surface area (Å²) in [5.74, 6) is 0. The van der Waals surface area contributed by atoms with Crippen molar-refractivity contribution in [2.24, 2.45) is 0 Å². The summed E-state index contributed by atoms with van der Waals surface area (Å²) in [5, 5.41) is 14.3. The van der Waals surface area contributed by atoms with Gasteiger partial charge in [0.2, 0.25) is 0 Å². The molecule has 1 heterocycles. The maximum absolute atomic E-state index is 10.8. The Morgan fingerprint density at radius 2 is 1.88 bits per heavy atom. The van der Waals surface area contributed by atoms with E-state index in [2.05, 4.69) is 37.4 Å². The largest absolute Gasteiger partial charge is 0.388 e. The van der Waals surface area contributed by atoms with Crippen molar-refractivity contribution in [3.05, 3.63) is 29.8 Å². The molecule has 2 nitrogen and oxygen atoms in total. The van der Waals surface area contributed by atoms with E-state index in [0.29, 0.717) is 0 Å². The normalized spacial score (nSPS) is 18.9. The first-order chi connectivity index (χ1) is 8.19. The first-order valence-corrected chi connectivity index (χ1v) is 6.76. The third-order valence-corrected chi connectivity index (χ3v) is 3.79. The van der Waals surface area contributed by atoms with Crippen LogP contribution in [0.1, 0.15) is 45.1 Å². The van der Waals surface area contributed by atoms with Crippen molar-refractivity contribution in [1.29, 1.82) is 0 Å². The molecule has 0 saturated carbocycles. The first kappa shape index (κ1) is 12.4. The predicted molar refractivity (Wildman–Crippen MR) is 72.3 cm³/mol. The van der Waals surface area contributed by atoms with Crippen LogP contribution in [0.25, 0.3) is 0 Å². The minimum atomic E-state index is -0.553. The van der Waals surface area contributed by atoms with E-state index in [4.69, 9.17) is 0 Å². The summed E-state index contributed by atoms with van der Waals surface area (Å²) < 4.78 is 0. The van der Waals surface area contributed by atoms with Crippen molar-refractivity contribution in [2.75, 3.05) is 5.32 Å². The van der Waals surface area contributed by atoms with E-state index in [1.807, 2.05) is 6.07 Å². The van der Waals surface area contributed by atoms with Crippen LogP contribution in [-0.4, -0.2) is 16.7 Å². The van der Waals surface area contributed by atoms with Crippen LogP contribution < -0.4 is 5.32 Å². The van der Waals surface area contributed by atoms with Crippen molar-refractivity contribution in [1.82, 2.24) is 0 Å². The Hall–Kier alpha value is -1.02. The number of hydrogen-bond donors (Lipinski definition) is 2. The van der Waals surface area contributed by atoms with Crippen LogP contribution in [0.15, 0.2) is 24.3 Å². The lowest BCUT2D eigenvalue weighted by Gasteiger charge is -2.34. The Bertz CT molecular complexity index is 344. The molecule has 1 aromatic rings. The van der Waals surface area contributed by atoms with Gasteiger partial charge in [0.25, 0.3) is 0 Å². The summed E-state index contributed by atoms with van der Waals surface area (Å²) in [6, 6.07) is 8.56. The van der Waals surface area contributed by atoms with Gasteiger partial charge in [-0.3, -0.25) is 0 Å². The summed E-state index contributed by atoms with van der Waals surface area (Å²) in [6.07, 6.45) is 4.78. The van der Waals surface area contributed by atoms with E-state index in [1.165, 1.54) is 11.3 Å². The van der Waals surface area contributed by atoms with E-state index in [1.54, 1.807) is 0 Å². The Morgan fingerprint density at radius 3 is 2.47 bits per heavy atom. The summed E-state index contributed by atoms with van der Waals surface area (Å²) in [5.41, 5.74) is 1.98. The van der Waals surface area contributed by atoms with Gasteiger partial charge in [-0.25, -0.2) is 0 Å². The molecule has 0 spiro atoms. The quantitative estimate of drug-likeness (QED) is 0.817. The highest BCUT2D eigenvalue weighted by Crippen LogP contribution is 2.34. The number of para-hydroxylation sites is 1. The van der Waals surface area contributed by atoms with Crippen molar-refractivity contribution in [3.63, 3.8) is 0 Å². The maximum atomic E-state index is 10.8. The van der Waals surface area contributed by atoms with Crippen molar-refractivity contribution in [2.45, 2.75) is 57.6 Å². The van der Waals surface area contributed by atoms with Gasteiger partial charge in [-0.2, -0.15) is 0 Å². The molecule has 1 aromatic carbocycles. The van der Waals surface area contributed by atoms with Gasteiger partial charge in [0, 0.05) is 5.69 Å². The van der Waals surface area contributed by atoms with Crippen LogP contribution >= 0.6 is 0 Å². The van der Waals surface area contributed by atoms with E-state index < -0.39 is 5.60 Å². The van der Waals surface area contributed by atoms with Gasteiger partial charge in [-0.05, 0) is 30.9 Å². The SMILES string of the molecule is CCCC(O)(CCC)C1Cc2ccccc2N1. The summed E-state index contributed by atoms with van der Waals surface area (Å²) in [4.78, 5) is 0. The molecule has 2 heteroatoms. The molecule has 0 bridgehead atoms. The molecule has 0 fully saturated rings. The van der Waals surface area contributed by atoms with E-state index in [0.717, 1.165) is 32.1 Å². The zero-order chi connectivity index (χ0) is 12.3. The van der Waals surface area contributed by atoms with Gasteiger partial charge in [0.15, 0.2) is 0 Å². The molecule has 0 aliphatic carbocycles. The fourth-order valence-corrected chi connectivity index (χ4v) is 2.96. The minimum Gasteiger partial charge on any atom is -0.388 e. The summed E-state index contributed by atoms with van der Waals surface area (Å²) in [7, 11) is 0. The molecule has 0 aromatic heterocycles. The second-order valence-corrected chi connectivity index (χ2v) is 5.16. The van der Waals surface area contributed by atoms with E-state index in [-0.39, 0.29) is 6.04 Å². The Morgan fingerprint density at radius 1 is 1.24 bits per heavy atom. The Labute approximate surface area is 104 Å². The Balaban J connectivity index is 2.14. The molecular formula is C15H23NO. The molecule has 94 valence electrons. The predicted octanol–water partition coefficient (Wildman–Crippen LogP) is 3.35. The zero-order valence-corrected chi connectivity index (χ0v) is 10.9. The third-order valence-electron chi connectivity index (χ3n) is 3.79. The first-order valence-electron chi connectivity index (χ1n) is 6.76. The van der Waals surface area contributed by atoms with Crippen LogP contribution in [0.5, 0.6) is 0 Å². The molecule has 0 saturated heterocycles. The van der Waals surface area contributed by atoms with Gasteiger partial charge >= 0.3 is 0 Å². The van der Waals surface area contributed by atoms with Crippen molar-refractivity contribution in [3.8, 4) is 0 Å². The Kier molecular flexibility index (Phi) is 3.72. The van der Waals surface area contributed by atoms with Crippen LogP contribution in [0.2, 0.25) is 0 Å². The fraction of sp³-hybridized carbons (Fsp3) is 0.600. The molecule has 1 aliphatic heterocycles. The lowest BCUT2D eigenvalue weighted by atomic mass is 9.84. The van der Waals surface area contributed by atoms with Crippen LogP contribution in [0.3, 0.4) is 0 Å². The van der Waals surface area contributed by atoms with Crippen LogP contribution in [0.4, 0.5) is 5.69 Å². The van der Waals surface area contributed by atoms with Gasteiger partial charge < -0.3 is 10.4 Å². The molecule has 1 atom stereocenters. The van der Waals surface area contributed by atoms with Crippen LogP contribution in [-0.2, 0) is 6.42 Å². The molecule has 2 N–H and O–H groups in total. The van der Waals surface area contributed by atoms with Gasteiger partial charge in [0.1, 0.15) is 0 Å².